The molecule has 3 aliphatic rings. The summed E-state index contributed by atoms with van der Waals surface area (Å²) < 4.78 is 13.9. The molecule has 5 heteroatoms. The van der Waals surface area contributed by atoms with E-state index in [2.05, 4.69) is 27.3 Å². The summed E-state index contributed by atoms with van der Waals surface area (Å²) >= 11 is 0. The number of hydrogen-bond acceptors (Lipinski definition) is 3. The third-order valence-electron chi connectivity index (χ3n) is 8.39. The number of fused-ring (bicyclic) bond motifs is 2. The summed E-state index contributed by atoms with van der Waals surface area (Å²) in [5, 5.41) is 3.98. The molecule has 0 aliphatic heterocycles. The van der Waals surface area contributed by atoms with Crippen LogP contribution in [-0.4, -0.2) is 15.9 Å². The first-order chi connectivity index (χ1) is 16.1. The number of halogens is 1. The Bertz CT molecular complexity index is 1260. The Morgan fingerprint density at radius 1 is 1.06 bits per heavy atom. The molecule has 3 aromatic rings. The number of terminal acetylenes is 1. The van der Waals surface area contributed by atoms with Gasteiger partial charge in [0.15, 0.2) is 0 Å². The molecule has 166 valence electrons. The summed E-state index contributed by atoms with van der Waals surface area (Å²) in [5.41, 5.74) is 2.56. The lowest BCUT2D eigenvalue weighted by molar-refractivity contribution is -0.123. The van der Waals surface area contributed by atoms with Crippen molar-refractivity contribution in [3.63, 3.8) is 0 Å². The van der Waals surface area contributed by atoms with E-state index >= 15 is 0 Å². The molecule has 3 fully saturated rings. The van der Waals surface area contributed by atoms with Gasteiger partial charge < -0.3 is 5.32 Å². The van der Waals surface area contributed by atoms with E-state index < -0.39 is 0 Å². The molecular formula is C28H26FN3O. The second kappa shape index (κ2) is 7.66. The zero-order chi connectivity index (χ0) is 22.6. The molecule has 0 saturated heterocycles. The third-order valence-corrected chi connectivity index (χ3v) is 8.39. The smallest absolute Gasteiger partial charge is 0.232 e. The maximum absolute atomic E-state index is 13.9. The van der Waals surface area contributed by atoms with E-state index in [1.165, 1.54) is 11.6 Å². The van der Waals surface area contributed by atoms with Crippen LogP contribution < -0.4 is 5.32 Å². The highest BCUT2D eigenvalue weighted by Gasteiger charge is 2.59. The molecule has 0 bridgehead atoms. The number of rotatable bonds is 4. The highest BCUT2D eigenvalue weighted by Crippen LogP contribution is 2.63. The van der Waals surface area contributed by atoms with Crippen LogP contribution in [0.1, 0.15) is 55.6 Å². The van der Waals surface area contributed by atoms with Crippen LogP contribution in [0.2, 0.25) is 0 Å². The molecule has 0 radical (unpaired) electrons. The highest BCUT2D eigenvalue weighted by atomic mass is 19.1. The lowest BCUT2D eigenvalue weighted by atomic mass is 9.83. The van der Waals surface area contributed by atoms with E-state index in [9.17, 15) is 9.18 Å². The van der Waals surface area contributed by atoms with Crippen molar-refractivity contribution in [1.29, 1.82) is 0 Å². The predicted molar refractivity (Wildman–Crippen MR) is 126 cm³/mol. The van der Waals surface area contributed by atoms with Crippen LogP contribution in [0.3, 0.4) is 0 Å². The standard InChI is InChI=1S/C28H26FN3O/c1-2-17-3-6-26(31-16-17)32-27(33)28(8-9-28)21-13-18-11-20(12-19(18)14-21)23-7-10-30-25-5-4-22(29)15-24(23)25/h1,3-7,10,15-16,18-21H,8-9,11-14H2,(H,31,32,33)/t18-,19+,20-,21+. The lowest BCUT2D eigenvalue weighted by Crippen LogP contribution is -2.30. The Morgan fingerprint density at radius 2 is 1.85 bits per heavy atom. The van der Waals surface area contributed by atoms with E-state index in [4.69, 9.17) is 6.42 Å². The molecule has 33 heavy (non-hydrogen) atoms. The van der Waals surface area contributed by atoms with Crippen molar-refractivity contribution in [3.8, 4) is 12.3 Å². The number of benzene rings is 1. The number of nitrogens with one attached hydrogen (secondary N) is 1. The van der Waals surface area contributed by atoms with Crippen LogP contribution in [-0.2, 0) is 4.79 Å². The van der Waals surface area contributed by atoms with Gasteiger partial charge in [-0.1, -0.05) is 5.92 Å². The zero-order valence-corrected chi connectivity index (χ0v) is 18.4. The van der Waals surface area contributed by atoms with Crippen LogP contribution in [0.25, 0.3) is 10.9 Å². The fraction of sp³-hybridized carbons (Fsp3) is 0.393. The zero-order valence-electron chi connectivity index (χ0n) is 18.4. The van der Waals surface area contributed by atoms with Crippen molar-refractivity contribution >= 4 is 22.6 Å². The van der Waals surface area contributed by atoms with Gasteiger partial charge in [0.25, 0.3) is 0 Å². The third kappa shape index (κ3) is 3.49. The van der Waals surface area contributed by atoms with E-state index in [-0.39, 0.29) is 17.1 Å². The maximum Gasteiger partial charge on any atom is 0.232 e. The monoisotopic (exact) mass is 439 g/mol. The molecular weight excluding hydrogens is 413 g/mol. The molecule has 3 saturated carbocycles. The first-order valence-corrected chi connectivity index (χ1v) is 11.8. The van der Waals surface area contributed by atoms with E-state index in [0.29, 0.717) is 35.1 Å². The topological polar surface area (TPSA) is 54.9 Å². The van der Waals surface area contributed by atoms with Gasteiger partial charge in [-0.15, -0.1) is 6.42 Å². The van der Waals surface area contributed by atoms with Gasteiger partial charge in [0.1, 0.15) is 11.6 Å². The molecule has 2 heterocycles. The number of amides is 1. The molecule has 0 spiro atoms. The minimum atomic E-state index is -0.237. The first kappa shape index (κ1) is 20.4. The fourth-order valence-corrected chi connectivity index (χ4v) is 6.57. The predicted octanol–water partition coefficient (Wildman–Crippen LogP) is 5.69. The van der Waals surface area contributed by atoms with Crippen LogP contribution in [0.15, 0.2) is 48.8 Å². The van der Waals surface area contributed by atoms with Gasteiger partial charge in [-0.25, -0.2) is 9.37 Å². The van der Waals surface area contributed by atoms with E-state index in [0.717, 1.165) is 49.4 Å². The number of hydrogen-bond donors (Lipinski definition) is 1. The summed E-state index contributed by atoms with van der Waals surface area (Å²) in [6.07, 6.45) is 15.2. The van der Waals surface area contributed by atoms with Crippen LogP contribution in [0.5, 0.6) is 0 Å². The van der Waals surface area contributed by atoms with Gasteiger partial charge in [0.05, 0.1) is 10.9 Å². The molecule has 2 aromatic heterocycles. The molecule has 4 nitrogen and oxygen atoms in total. The molecule has 1 aromatic carbocycles. The van der Waals surface area contributed by atoms with E-state index in [1.54, 1.807) is 30.5 Å². The Kier molecular flexibility index (Phi) is 4.72. The molecule has 0 unspecified atom stereocenters. The number of carbonyl (C=O) groups is 1. The Labute approximate surface area is 193 Å². The van der Waals surface area contributed by atoms with Gasteiger partial charge in [0.2, 0.25) is 5.91 Å². The average Bonchev–Trinajstić information content (AvgIpc) is 3.40. The number of nitrogens with zero attached hydrogens (tertiary/aromatic N) is 2. The molecule has 3 aliphatic carbocycles. The van der Waals surface area contributed by atoms with Gasteiger partial charge in [0, 0.05) is 23.3 Å². The SMILES string of the molecule is C#Cc1ccc(NC(=O)C2([C@H]3C[C@H]4C[C@@H](c5ccnc6ccc(F)cc56)C[C@H]4C3)CC2)nc1. The molecule has 1 amide bonds. The lowest BCUT2D eigenvalue weighted by Gasteiger charge is -2.24. The average molecular weight is 440 g/mol. The molecule has 4 atom stereocenters. The number of aromatic nitrogens is 2. The minimum absolute atomic E-state index is 0.112. The second-order valence-electron chi connectivity index (χ2n) is 10.1. The van der Waals surface area contributed by atoms with Crippen LogP contribution in [0, 0.1) is 41.3 Å². The van der Waals surface area contributed by atoms with Gasteiger partial charge in [-0.2, -0.15) is 0 Å². The van der Waals surface area contributed by atoms with Crippen molar-refractivity contribution in [2.75, 3.05) is 5.32 Å². The summed E-state index contributed by atoms with van der Waals surface area (Å²) in [6, 6.07) is 10.5. The summed E-state index contributed by atoms with van der Waals surface area (Å²) in [4.78, 5) is 21.9. The number of anilines is 1. The van der Waals surface area contributed by atoms with Crippen LogP contribution >= 0.6 is 0 Å². The Hall–Kier alpha value is -3.26. The largest absolute Gasteiger partial charge is 0.310 e. The van der Waals surface area contributed by atoms with Crippen molar-refractivity contribution in [2.45, 2.75) is 44.4 Å². The Balaban J connectivity index is 1.15. The normalized spacial score (nSPS) is 27.2. The molecule has 6 rings (SSSR count). The molecule has 1 N–H and O–H groups in total. The van der Waals surface area contributed by atoms with E-state index in [1.807, 2.05) is 6.20 Å². The number of carbonyl (C=O) groups excluding carboxylic acids is 1. The first-order valence-electron chi connectivity index (χ1n) is 11.8. The summed E-state index contributed by atoms with van der Waals surface area (Å²) in [6.45, 7) is 0. The van der Waals surface area contributed by atoms with Crippen LogP contribution in [0.4, 0.5) is 10.2 Å². The van der Waals surface area contributed by atoms with Gasteiger partial charge >= 0.3 is 0 Å². The minimum Gasteiger partial charge on any atom is -0.310 e. The van der Waals surface area contributed by atoms with Gasteiger partial charge in [-0.05, 0) is 104 Å². The quantitative estimate of drug-likeness (QED) is 0.532. The second-order valence-corrected chi connectivity index (χ2v) is 10.1. The Morgan fingerprint density at radius 3 is 2.52 bits per heavy atom. The van der Waals surface area contributed by atoms with Crippen molar-refractivity contribution in [3.05, 3.63) is 65.7 Å². The highest BCUT2D eigenvalue weighted by molar-refractivity contribution is 5.96. The summed E-state index contributed by atoms with van der Waals surface area (Å²) in [5.74, 6) is 5.17. The maximum atomic E-state index is 13.9. The van der Waals surface area contributed by atoms with Gasteiger partial charge in [-0.3, -0.25) is 9.78 Å². The van der Waals surface area contributed by atoms with Crippen molar-refractivity contribution in [1.82, 2.24) is 9.97 Å². The van der Waals surface area contributed by atoms with Crippen molar-refractivity contribution < 1.29 is 9.18 Å². The summed E-state index contributed by atoms with van der Waals surface area (Å²) in [7, 11) is 0. The fourth-order valence-electron chi connectivity index (χ4n) is 6.57. The number of pyridine rings is 2. The van der Waals surface area contributed by atoms with Crippen molar-refractivity contribution in [2.24, 2.45) is 23.2 Å².